The lowest BCUT2D eigenvalue weighted by atomic mass is 10.0. The van der Waals surface area contributed by atoms with Crippen molar-refractivity contribution < 1.29 is 28.2 Å². The number of carboxylic acid groups (broad SMARTS) is 1. The summed E-state index contributed by atoms with van der Waals surface area (Å²) in [6.07, 6.45) is 1.16. The molecule has 0 saturated carbocycles. The number of pyridine rings is 1. The van der Waals surface area contributed by atoms with Crippen molar-refractivity contribution >= 4 is 29.4 Å². The summed E-state index contributed by atoms with van der Waals surface area (Å²) >= 11 is 0. The van der Waals surface area contributed by atoms with E-state index in [0.717, 1.165) is 12.1 Å². The van der Waals surface area contributed by atoms with E-state index in [-0.39, 0.29) is 41.5 Å². The van der Waals surface area contributed by atoms with E-state index in [9.17, 15) is 28.2 Å². The van der Waals surface area contributed by atoms with Crippen molar-refractivity contribution in [3.05, 3.63) is 52.9 Å². The minimum Gasteiger partial charge on any atom is -0.478 e. The van der Waals surface area contributed by atoms with E-state index in [1.807, 2.05) is 0 Å². The van der Waals surface area contributed by atoms with Gasteiger partial charge >= 0.3 is 5.97 Å². The quantitative estimate of drug-likeness (QED) is 0.838. The zero-order valence-corrected chi connectivity index (χ0v) is 14.6. The molecule has 3 heterocycles. The first kappa shape index (κ1) is 18.3. The van der Waals surface area contributed by atoms with E-state index in [1.165, 1.54) is 17.0 Å². The lowest BCUT2D eigenvalue weighted by Crippen LogP contribution is -2.30. The van der Waals surface area contributed by atoms with E-state index in [0.29, 0.717) is 19.0 Å². The molecule has 2 aromatic rings. The summed E-state index contributed by atoms with van der Waals surface area (Å²) in [4.78, 5) is 18.7. The third-order valence-corrected chi connectivity index (χ3v) is 4.82. The molecule has 1 fully saturated rings. The molecule has 1 atom stereocenters. The van der Waals surface area contributed by atoms with E-state index in [4.69, 9.17) is 0 Å². The Morgan fingerprint density at radius 2 is 1.93 bits per heavy atom. The normalized spacial score (nSPS) is 18.9. The minimum atomic E-state index is -1.23. The van der Waals surface area contributed by atoms with Crippen LogP contribution in [-0.2, 0) is 4.79 Å². The van der Waals surface area contributed by atoms with Crippen LogP contribution in [0.5, 0.6) is 0 Å². The SMILES string of the molecule is O=C(O)C1=Cc2cc(F)c(N3CCC(O)C3)nc2N(c2ccc(F)cc2F)C1. The molecule has 6 nitrogen and oxygen atoms in total. The molecule has 146 valence electrons. The average Bonchev–Trinajstić information content (AvgIpc) is 3.06. The Kier molecular flexibility index (Phi) is 4.46. The van der Waals surface area contributed by atoms with Crippen LogP contribution in [0, 0.1) is 17.5 Å². The van der Waals surface area contributed by atoms with Crippen LogP contribution >= 0.6 is 0 Å². The highest BCUT2D eigenvalue weighted by Crippen LogP contribution is 2.37. The summed E-state index contributed by atoms with van der Waals surface area (Å²) in [5.74, 6) is -3.41. The maximum atomic E-state index is 14.6. The van der Waals surface area contributed by atoms with E-state index in [1.54, 1.807) is 4.90 Å². The van der Waals surface area contributed by atoms with Crippen LogP contribution < -0.4 is 9.80 Å². The molecule has 0 amide bonds. The van der Waals surface area contributed by atoms with Gasteiger partial charge in [-0.3, -0.25) is 0 Å². The van der Waals surface area contributed by atoms with Crippen LogP contribution in [0.2, 0.25) is 0 Å². The number of aromatic nitrogens is 1. The number of aliphatic hydroxyl groups is 1. The smallest absolute Gasteiger partial charge is 0.333 e. The number of rotatable bonds is 3. The van der Waals surface area contributed by atoms with Gasteiger partial charge in [-0.25, -0.2) is 22.9 Å². The first-order chi connectivity index (χ1) is 13.3. The molecule has 4 rings (SSSR count). The lowest BCUT2D eigenvalue weighted by Gasteiger charge is -2.31. The van der Waals surface area contributed by atoms with Crippen LogP contribution in [0.4, 0.5) is 30.5 Å². The first-order valence-electron chi connectivity index (χ1n) is 8.63. The fourth-order valence-electron chi connectivity index (χ4n) is 3.47. The number of aliphatic carboxylic acids is 1. The van der Waals surface area contributed by atoms with Gasteiger partial charge in [0.15, 0.2) is 11.6 Å². The molecule has 9 heteroatoms. The molecule has 2 aliphatic heterocycles. The molecule has 2 aliphatic rings. The minimum absolute atomic E-state index is 0.00463. The van der Waals surface area contributed by atoms with Crippen molar-refractivity contribution in [2.45, 2.75) is 12.5 Å². The van der Waals surface area contributed by atoms with E-state index < -0.39 is 29.5 Å². The Balaban J connectivity index is 1.86. The Labute approximate surface area is 158 Å². The third-order valence-electron chi connectivity index (χ3n) is 4.82. The number of aliphatic hydroxyl groups excluding tert-OH is 1. The molecule has 2 N–H and O–H groups in total. The Bertz CT molecular complexity index is 996. The molecular formula is C19H16F3N3O3. The van der Waals surface area contributed by atoms with Gasteiger partial charge in [-0.1, -0.05) is 0 Å². The Hall–Kier alpha value is -3.07. The zero-order valence-electron chi connectivity index (χ0n) is 14.6. The fraction of sp³-hybridized carbons (Fsp3) is 0.263. The van der Waals surface area contributed by atoms with Crippen LogP contribution in [0.25, 0.3) is 6.08 Å². The van der Waals surface area contributed by atoms with Gasteiger partial charge in [-0.15, -0.1) is 0 Å². The zero-order chi connectivity index (χ0) is 20.0. The van der Waals surface area contributed by atoms with Gasteiger partial charge in [-0.05, 0) is 30.7 Å². The lowest BCUT2D eigenvalue weighted by molar-refractivity contribution is -0.132. The predicted molar refractivity (Wildman–Crippen MR) is 96.0 cm³/mol. The van der Waals surface area contributed by atoms with Crippen molar-refractivity contribution in [1.29, 1.82) is 0 Å². The van der Waals surface area contributed by atoms with Gasteiger partial charge in [0.05, 0.1) is 23.9 Å². The summed E-state index contributed by atoms with van der Waals surface area (Å²) in [5, 5.41) is 19.1. The van der Waals surface area contributed by atoms with Gasteiger partial charge in [0.2, 0.25) is 0 Å². The van der Waals surface area contributed by atoms with Crippen LogP contribution in [0.15, 0.2) is 29.8 Å². The van der Waals surface area contributed by atoms with Gasteiger partial charge in [-0.2, -0.15) is 0 Å². The fourth-order valence-corrected chi connectivity index (χ4v) is 3.47. The maximum Gasteiger partial charge on any atom is 0.333 e. The van der Waals surface area contributed by atoms with Crippen molar-refractivity contribution in [3.63, 3.8) is 0 Å². The highest BCUT2D eigenvalue weighted by atomic mass is 19.1. The molecule has 1 aromatic heterocycles. The number of hydrogen-bond acceptors (Lipinski definition) is 5. The number of anilines is 3. The highest BCUT2D eigenvalue weighted by Gasteiger charge is 2.30. The molecular weight excluding hydrogens is 375 g/mol. The molecule has 1 unspecified atom stereocenters. The molecule has 1 saturated heterocycles. The van der Waals surface area contributed by atoms with Crippen molar-refractivity contribution in [1.82, 2.24) is 4.98 Å². The largest absolute Gasteiger partial charge is 0.478 e. The number of benzene rings is 1. The molecule has 0 aliphatic carbocycles. The van der Waals surface area contributed by atoms with Gasteiger partial charge in [0.1, 0.15) is 17.5 Å². The number of halogens is 3. The summed E-state index contributed by atoms with van der Waals surface area (Å²) in [6.45, 7) is 0.403. The number of fused-ring (bicyclic) bond motifs is 1. The topological polar surface area (TPSA) is 76.9 Å². The predicted octanol–water partition coefficient (Wildman–Crippen LogP) is 2.69. The standard InChI is InChI=1S/C19H16F3N3O3/c20-12-1-2-16(14(21)7-12)25-8-11(19(27)28)5-10-6-15(22)18(23-17(10)25)24-4-3-13(26)9-24/h1-2,5-7,13,26H,3-4,8-9H2,(H,27,28). The van der Waals surface area contributed by atoms with E-state index in [2.05, 4.69) is 4.98 Å². The van der Waals surface area contributed by atoms with Crippen LogP contribution in [0.1, 0.15) is 12.0 Å². The summed E-state index contributed by atoms with van der Waals surface area (Å²) in [6, 6.07) is 4.07. The van der Waals surface area contributed by atoms with Gasteiger partial charge < -0.3 is 20.0 Å². The number of nitrogens with zero attached hydrogens (tertiary/aromatic N) is 3. The van der Waals surface area contributed by atoms with Crippen LogP contribution in [0.3, 0.4) is 0 Å². The highest BCUT2D eigenvalue weighted by molar-refractivity contribution is 5.97. The maximum absolute atomic E-state index is 14.6. The Morgan fingerprint density at radius 3 is 2.57 bits per heavy atom. The number of hydrogen-bond donors (Lipinski definition) is 2. The molecule has 1 aromatic carbocycles. The third kappa shape index (κ3) is 3.18. The van der Waals surface area contributed by atoms with Crippen molar-refractivity contribution in [3.8, 4) is 0 Å². The van der Waals surface area contributed by atoms with Crippen LogP contribution in [-0.4, -0.2) is 46.9 Å². The molecule has 0 radical (unpaired) electrons. The van der Waals surface area contributed by atoms with Crippen molar-refractivity contribution in [2.75, 3.05) is 29.4 Å². The molecule has 0 spiro atoms. The Morgan fingerprint density at radius 1 is 1.14 bits per heavy atom. The van der Waals surface area contributed by atoms with E-state index >= 15 is 0 Å². The summed E-state index contributed by atoms with van der Waals surface area (Å²) in [5.41, 5.74) is 0.0242. The molecule has 0 bridgehead atoms. The number of carbonyl (C=O) groups is 1. The number of carboxylic acids is 1. The van der Waals surface area contributed by atoms with Crippen molar-refractivity contribution in [2.24, 2.45) is 0 Å². The number of β-amino-alcohol motifs (C(OH)–C–C–N with tert-alkyl or cyclic N) is 1. The average molecular weight is 391 g/mol. The molecule has 28 heavy (non-hydrogen) atoms. The van der Waals surface area contributed by atoms with Gasteiger partial charge in [0.25, 0.3) is 0 Å². The first-order valence-corrected chi connectivity index (χ1v) is 8.63. The van der Waals surface area contributed by atoms with Gasteiger partial charge in [0, 0.05) is 24.7 Å². The second-order valence-corrected chi connectivity index (χ2v) is 6.75. The monoisotopic (exact) mass is 391 g/mol. The second kappa shape index (κ2) is 6.83. The second-order valence-electron chi connectivity index (χ2n) is 6.75. The summed E-state index contributed by atoms with van der Waals surface area (Å²) < 4.78 is 42.4. The summed E-state index contributed by atoms with van der Waals surface area (Å²) in [7, 11) is 0.